The zero-order valence-electron chi connectivity index (χ0n) is 11.0. The van der Waals surface area contributed by atoms with Crippen molar-refractivity contribution in [3.8, 4) is 0 Å². The van der Waals surface area contributed by atoms with E-state index in [1.54, 1.807) is 6.92 Å². The Morgan fingerprint density at radius 3 is 2.63 bits per heavy atom. The smallest absolute Gasteiger partial charge is 0.426 e. The Kier molecular flexibility index (Phi) is 3.94. The molecule has 1 aromatic rings. The first-order valence-corrected chi connectivity index (χ1v) is 6.44. The molecule has 1 heterocycles. The average molecular weight is 262 g/mol. The molecule has 0 bridgehead atoms. The molecule has 0 unspecified atom stereocenters. The number of carbonyl (C=O) groups is 1. The van der Waals surface area contributed by atoms with Gasteiger partial charge < -0.3 is 20.7 Å². The van der Waals surface area contributed by atoms with Crippen LogP contribution in [0.15, 0.2) is 30.3 Å². The van der Waals surface area contributed by atoms with E-state index in [2.05, 4.69) is 0 Å². The van der Waals surface area contributed by atoms with Gasteiger partial charge in [0.25, 0.3) is 0 Å². The highest BCUT2D eigenvalue weighted by atomic mass is 16.4. The van der Waals surface area contributed by atoms with Crippen LogP contribution in [0, 0.1) is 0 Å². The summed E-state index contributed by atoms with van der Waals surface area (Å²) in [5.74, 6) is -0.842. The van der Waals surface area contributed by atoms with Gasteiger partial charge in [0.05, 0.1) is 5.94 Å². The van der Waals surface area contributed by atoms with Crippen LogP contribution in [0.3, 0.4) is 0 Å². The molecule has 0 spiro atoms. The van der Waals surface area contributed by atoms with Crippen molar-refractivity contribution in [2.75, 3.05) is 6.54 Å². The van der Waals surface area contributed by atoms with Gasteiger partial charge >= 0.3 is 7.12 Å². The first kappa shape index (κ1) is 14.1. The van der Waals surface area contributed by atoms with Gasteiger partial charge in [-0.25, -0.2) is 0 Å². The number of nitrogens with zero attached hydrogens (tertiary/aromatic N) is 1. The zero-order chi connectivity index (χ0) is 14.0. The monoisotopic (exact) mass is 262 g/mol. The number of likely N-dealkylation sites (tertiary alicyclic amines) is 1. The van der Waals surface area contributed by atoms with Crippen molar-refractivity contribution in [1.29, 1.82) is 0 Å². The molecule has 1 aliphatic heterocycles. The Bertz CT molecular complexity index is 454. The highest BCUT2D eigenvalue weighted by Gasteiger charge is 2.46. The number of nitrogens with two attached hydrogens (primary N) is 1. The fourth-order valence-electron chi connectivity index (χ4n) is 2.49. The van der Waals surface area contributed by atoms with E-state index in [0.29, 0.717) is 19.4 Å². The molecule has 0 aliphatic carbocycles. The fraction of sp³-hybridized carbons (Fsp3) is 0.462. The quantitative estimate of drug-likeness (QED) is 0.642. The molecule has 5 nitrogen and oxygen atoms in total. The number of carbonyl (C=O) groups excluding carboxylic acids is 1. The van der Waals surface area contributed by atoms with Crippen LogP contribution in [0.4, 0.5) is 0 Å². The van der Waals surface area contributed by atoms with Crippen molar-refractivity contribution in [3.63, 3.8) is 0 Å². The molecule has 19 heavy (non-hydrogen) atoms. The summed E-state index contributed by atoms with van der Waals surface area (Å²) >= 11 is 0. The molecule has 1 fully saturated rings. The van der Waals surface area contributed by atoms with E-state index in [1.165, 1.54) is 4.90 Å². The van der Waals surface area contributed by atoms with Crippen LogP contribution >= 0.6 is 0 Å². The molecular weight excluding hydrogens is 243 g/mol. The Balaban J connectivity index is 2.12. The summed E-state index contributed by atoms with van der Waals surface area (Å²) in [4.78, 5) is 13.8. The highest BCUT2D eigenvalue weighted by molar-refractivity contribution is 6.43. The predicted octanol–water partition coefficient (Wildman–Crippen LogP) is -0.441. The third kappa shape index (κ3) is 2.81. The van der Waals surface area contributed by atoms with E-state index in [9.17, 15) is 14.8 Å². The molecule has 1 amide bonds. The van der Waals surface area contributed by atoms with Crippen molar-refractivity contribution >= 4 is 13.0 Å². The van der Waals surface area contributed by atoms with E-state index in [-0.39, 0.29) is 5.91 Å². The summed E-state index contributed by atoms with van der Waals surface area (Å²) in [5, 5.41) is 18.4. The molecule has 6 heteroatoms. The lowest BCUT2D eigenvalue weighted by atomic mass is 9.79. The largest absolute Gasteiger partial charge is 0.475 e. The number of hydrogen-bond donors (Lipinski definition) is 3. The van der Waals surface area contributed by atoms with E-state index >= 15 is 0 Å². The van der Waals surface area contributed by atoms with E-state index in [1.807, 2.05) is 30.3 Å². The number of amides is 1. The number of hydrogen-bond acceptors (Lipinski definition) is 4. The fourth-order valence-corrected chi connectivity index (χ4v) is 2.49. The second-order valence-corrected chi connectivity index (χ2v) is 5.22. The first-order chi connectivity index (χ1) is 8.94. The molecular formula is C13H19BN2O3. The van der Waals surface area contributed by atoms with Gasteiger partial charge in [-0.3, -0.25) is 4.79 Å². The maximum atomic E-state index is 12.4. The first-order valence-electron chi connectivity index (χ1n) is 6.44. The van der Waals surface area contributed by atoms with Gasteiger partial charge in [-0.05, 0) is 25.3 Å². The van der Waals surface area contributed by atoms with Crippen molar-refractivity contribution < 1.29 is 14.8 Å². The van der Waals surface area contributed by atoms with Crippen molar-refractivity contribution in [3.05, 3.63) is 35.9 Å². The van der Waals surface area contributed by atoms with Crippen LogP contribution in [-0.4, -0.2) is 46.0 Å². The Hall–Kier alpha value is -1.37. The SMILES string of the molecule is C[C@@H](B(O)O)N1CC[C@](N)(Cc2ccccc2)C1=O. The van der Waals surface area contributed by atoms with E-state index in [0.717, 1.165) is 5.56 Å². The maximum absolute atomic E-state index is 12.4. The third-order valence-corrected chi connectivity index (χ3v) is 3.77. The Morgan fingerprint density at radius 1 is 1.42 bits per heavy atom. The topological polar surface area (TPSA) is 86.8 Å². The van der Waals surface area contributed by atoms with Crippen LogP contribution in [0.25, 0.3) is 0 Å². The molecule has 1 aromatic carbocycles. The van der Waals surface area contributed by atoms with Crippen molar-refractivity contribution in [1.82, 2.24) is 4.90 Å². The maximum Gasteiger partial charge on any atom is 0.475 e. The van der Waals surface area contributed by atoms with Crippen LogP contribution in [0.5, 0.6) is 0 Å². The third-order valence-electron chi connectivity index (χ3n) is 3.77. The lowest BCUT2D eigenvalue weighted by molar-refractivity contribution is -0.133. The molecule has 102 valence electrons. The highest BCUT2D eigenvalue weighted by Crippen LogP contribution is 2.26. The molecule has 2 atom stereocenters. The van der Waals surface area contributed by atoms with Gasteiger partial charge in [0, 0.05) is 6.54 Å². The number of rotatable bonds is 4. The van der Waals surface area contributed by atoms with Gasteiger partial charge in [0.1, 0.15) is 5.54 Å². The van der Waals surface area contributed by atoms with Gasteiger partial charge in [0.15, 0.2) is 0 Å². The van der Waals surface area contributed by atoms with Gasteiger partial charge in [-0.2, -0.15) is 0 Å². The minimum absolute atomic E-state index is 0.211. The van der Waals surface area contributed by atoms with Crippen LogP contribution in [-0.2, 0) is 11.2 Å². The molecule has 4 N–H and O–H groups in total. The Labute approximate surface area is 113 Å². The summed E-state index contributed by atoms with van der Waals surface area (Å²) in [5.41, 5.74) is 6.28. The summed E-state index contributed by atoms with van der Waals surface area (Å²) in [6, 6.07) is 9.62. The number of benzene rings is 1. The minimum Gasteiger partial charge on any atom is -0.426 e. The van der Waals surface area contributed by atoms with Crippen molar-refractivity contribution in [2.45, 2.75) is 31.2 Å². The molecule has 1 saturated heterocycles. The zero-order valence-corrected chi connectivity index (χ0v) is 11.0. The normalized spacial score (nSPS) is 24.6. The lowest BCUT2D eigenvalue weighted by Crippen LogP contribution is -2.54. The lowest BCUT2D eigenvalue weighted by Gasteiger charge is -2.27. The second kappa shape index (κ2) is 5.32. The van der Waals surface area contributed by atoms with Crippen molar-refractivity contribution in [2.24, 2.45) is 5.73 Å². The predicted molar refractivity (Wildman–Crippen MR) is 73.0 cm³/mol. The van der Waals surface area contributed by atoms with E-state index in [4.69, 9.17) is 5.73 Å². The average Bonchev–Trinajstić information content (AvgIpc) is 2.66. The van der Waals surface area contributed by atoms with Crippen LogP contribution in [0.1, 0.15) is 18.9 Å². The Morgan fingerprint density at radius 2 is 2.05 bits per heavy atom. The molecule has 1 aliphatic rings. The van der Waals surface area contributed by atoms with E-state index < -0.39 is 18.6 Å². The van der Waals surface area contributed by atoms with Crippen LogP contribution in [0.2, 0.25) is 0 Å². The summed E-state index contributed by atoms with van der Waals surface area (Å²) < 4.78 is 0. The van der Waals surface area contributed by atoms with Crippen LogP contribution < -0.4 is 5.73 Å². The summed E-state index contributed by atoms with van der Waals surface area (Å²) in [7, 11) is -1.54. The van der Waals surface area contributed by atoms with Gasteiger partial charge in [0.2, 0.25) is 5.91 Å². The molecule has 0 aromatic heterocycles. The second-order valence-electron chi connectivity index (χ2n) is 5.22. The summed E-state index contributed by atoms with van der Waals surface area (Å²) in [6.07, 6.45) is 0.995. The molecule has 0 radical (unpaired) electrons. The molecule has 2 rings (SSSR count). The van der Waals surface area contributed by atoms with Gasteiger partial charge in [-0.15, -0.1) is 0 Å². The standard InChI is InChI=1S/C13H19BN2O3/c1-10(14(18)19)16-8-7-13(15,12(16)17)9-11-5-3-2-4-6-11/h2-6,10,18-19H,7-9,15H2,1H3/t10-,13-/m0/s1. The molecule has 0 saturated carbocycles. The summed E-state index contributed by atoms with van der Waals surface area (Å²) in [6.45, 7) is 2.07. The van der Waals surface area contributed by atoms with Gasteiger partial charge in [-0.1, -0.05) is 30.3 Å². The minimum atomic E-state index is -1.54.